The maximum absolute atomic E-state index is 6.17. The van der Waals surface area contributed by atoms with Gasteiger partial charge in [0.2, 0.25) is 0 Å². The van der Waals surface area contributed by atoms with Gasteiger partial charge in [0.05, 0.1) is 17.4 Å². The lowest BCUT2D eigenvalue weighted by Gasteiger charge is -2.18. The summed E-state index contributed by atoms with van der Waals surface area (Å²) in [4.78, 5) is 4.21. The first-order valence-corrected chi connectivity index (χ1v) is 6.47. The second-order valence-corrected chi connectivity index (χ2v) is 4.95. The molecule has 1 N–H and O–H groups in total. The summed E-state index contributed by atoms with van der Waals surface area (Å²) < 4.78 is 0. The molecule has 0 saturated heterocycles. The molecule has 0 aliphatic rings. The zero-order chi connectivity index (χ0) is 13.1. The molecule has 2 rings (SSSR count). The molecule has 2 aromatic rings. The van der Waals surface area contributed by atoms with Crippen LogP contribution < -0.4 is 5.32 Å². The van der Waals surface area contributed by atoms with E-state index in [1.54, 1.807) is 6.07 Å². The molecule has 1 unspecified atom stereocenters. The van der Waals surface area contributed by atoms with E-state index in [9.17, 15) is 0 Å². The smallest absolute Gasteiger partial charge is 0.129 e. The third kappa shape index (κ3) is 2.95. The standard InChI is InChI=1S/C14H14Cl2N2/c1-9(11-5-3-4-6-12(11)15)17-13-7-8-14(16)18-10(13)2/h3-9,17H,1-2H3. The molecule has 0 aliphatic heterocycles. The molecule has 1 atom stereocenters. The maximum Gasteiger partial charge on any atom is 0.129 e. The lowest BCUT2D eigenvalue weighted by atomic mass is 10.1. The van der Waals surface area contributed by atoms with Gasteiger partial charge in [-0.3, -0.25) is 0 Å². The number of hydrogen-bond donors (Lipinski definition) is 1. The van der Waals surface area contributed by atoms with E-state index in [4.69, 9.17) is 23.2 Å². The summed E-state index contributed by atoms with van der Waals surface area (Å²) >= 11 is 12.0. The molecule has 0 aliphatic carbocycles. The zero-order valence-electron chi connectivity index (χ0n) is 10.2. The Morgan fingerprint density at radius 1 is 1.11 bits per heavy atom. The van der Waals surface area contributed by atoms with E-state index in [-0.39, 0.29) is 6.04 Å². The molecule has 0 spiro atoms. The van der Waals surface area contributed by atoms with Gasteiger partial charge in [0.15, 0.2) is 0 Å². The Kier molecular flexibility index (Phi) is 4.10. The van der Waals surface area contributed by atoms with Crippen LogP contribution in [0.3, 0.4) is 0 Å². The number of anilines is 1. The largest absolute Gasteiger partial charge is 0.377 e. The molecule has 18 heavy (non-hydrogen) atoms. The first-order valence-electron chi connectivity index (χ1n) is 5.72. The van der Waals surface area contributed by atoms with Gasteiger partial charge < -0.3 is 5.32 Å². The van der Waals surface area contributed by atoms with Crippen molar-refractivity contribution in [2.45, 2.75) is 19.9 Å². The quantitative estimate of drug-likeness (QED) is 0.812. The van der Waals surface area contributed by atoms with Crippen molar-refractivity contribution in [1.82, 2.24) is 4.98 Å². The predicted molar refractivity (Wildman–Crippen MR) is 77.5 cm³/mol. The van der Waals surface area contributed by atoms with Gasteiger partial charge in [-0.1, -0.05) is 41.4 Å². The third-order valence-corrected chi connectivity index (χ3v) is 3.35. The number of benzene rings is 1. The van der Waals surface area contributed by atoms with Crippen molar-refractivity contribution in [3.8, 4) is 0 Å². The van der Waals surface area contributed by atoms with Gasteiger partial charge in [0.25, 0.3) is 0 Å². The van der Waals surface area contributed by atoms with Crippen LogP contribution in [0.25, 0.3) is 0 Å². The molecular formula is C14H14Cl2N2. The van der Waals surface area contributed by atoms with E-state index in [2.05, 4.69) is 17.2 Å². The third-order valence-electron chi connectivity index (χ3n) is 2.80. The van der Waals surface area contributed by atoms with Crippen molar-refractivity contribution >= 4 is 28.9 Å². The van der Waals surface area contributed by atoms with Gasteiger partial charge >= 0.3 is 0 Å². The monoisotopic (exact) mass is 280 g/mol. The molecule has 1 aromatic heterocycles. The van der Waals surface area contributed by atoms with Gasteiger partial charge in [-0.15, -0.1) is 0 Å². The molecule has 0 bridgehead atoms. The average molecular weight is 281 g/mol. The Morgan fingerprint density at radius 3 is 2.50 bits per heavy atom. The summed E-state index contributed by atoms with van der Waals surface area (Å²) in [6.45, 7) is 3.99. The molecule has 0 fully saturated rings. The zero-order valence-corrected chi connectivity index (χ0v) is 11.8. The fourth-order valence-corrected chi connectivity index (χ4v) is 2.31. The maximum atomic E-state index is 6.17. The lowest BCUT2D eigenvalue weighted by Crippen LogP contribution is -2.08. The van der Waals surface area contributed by atoms with Crippen LogP contribution in [0.2, 0.25) is 10.2 Å². The molecular weight excluding hydrogens is 267 g/mol. The van der Waals surface area contributed by atoms with Crippen LogP contribution in [0, 0.1) is 6.92 Å². The summed E-state index contributed by atoms with van der Waals surface area (Å²) in [5.74, 6) is 0. The van der Waals surface area contributed by atoms with Gasteiger partial charge in [-0.05, 0) is 37.6 Å². The number of rotatable bonds is 3. The van der Waals surface area contributed by atoms with E-state index in [0.29, 0.717) is 5.15 Å². The first kappa shape index (κ1) is 13.2. The minimum atomic E-state index is 0.111. The summed E-state index contributed by atoms with van der Waals surface area (Å²) in [5, 5.41) is 4.65. The minimum Gasteiger partial charge on any atom is -0.377 e. The highest BCUT2D eigenvalue weighted by Gasteiger charge is 2.10. The van der Waals surface area contributed by atoms with Crippen molar-refractivity contribution in [2.24, 2.45) is 0 Å². The highest BCUT2D eigenvalue weighted by molar-refractivity contribution is 6.31. The Balaban J connectivity index is 2.21. The van der Waals surface area contributed by atoms with Gasteiger partial charge in [0.1, 0.15) is 5.15 Å². The van der Waals surface area contributed by atoms with E-state index >= 15 is 0 Å². The van der Waals surface area contributed by atoms with Crippen LogP contribution in [0.4, 0.5) is 5.69 Å². The minimum absolute atomic E-state index is 0.111. The Hall–Kier alpha value is -1.25. The number of pyridine rings is 1. The number of aromatic nitrogens is 1. The molecule has 0 radical (unpaired) electrons. The van der Waals surface area contributed by atoms with Crippen LogP contribution in [0.1, 0.15) is 24.2 Å². The topological polar surface area (TPSA) is 24.9 Å². The molecule has 4 heteroatoms. The van der Waals surface area contributed by atoms with Crippen molar-refractivity contribution in [3.05, 3.63) is 57.8 Å². The van der Waals surface area contributed by atoms with Gasteiger partial charge in [0, 0.05) is 5.02 Å². The fourth-order valence-electron chi connectivity index (χ4n) is 1.82. The number of nitrogens with one attached hydrogen (secondary N) is 1. The molecule has 0 saturated carbocycles. The Morgan fingerprint density at radius 2 is 1.83 bits per heavy atom. The van der Waals surface area contributed by atoms with Crippen LogP contribution in [0.15, 0.2) is 36.4 Å². The lowest BCUT2D eigenvalue weighted by molar-refractivity contribution is 0.879. The second-order valence-electron chi connectivity index (χ2n) is 4.15. The Labute approximate surface area is 117 Å². The Bertz CT molecular complexity index is 555. The highest BCUT2D eigenvalue weighted by atomic mass is 35.5. The predicted octanol–water partition coefficient (Wildman–Crippen LogP) is 4.87. The van der Waals surface area contributed by atoms with Crippen molar-refractivity contribution < 1.29 is 0 Å². The van der Waals surface area contributed by atoms with E-state index in [0.717, 1.165) is 22.0 Å². The van der Waals surface area contributed by atoms with Crippen molar-refractivity contribution in [3.63, 3.8) is 0 Å². The number of hydrogen-bond acceptors (Lipinski definition) is 2. The fraction of sp³-hybridized carbons (Fsp3) is 0.214. The molecule has 94 valence electrons. The van der Waals surface area contributed by atoms with Gasteiger partial charge in [-0.2, -0.15) is 0 Å². The second kappa shape index (κ2) is 5.59. The van der Waals surface area contributed by atoms with Crippen LogP contribution in [-0.2, 0) is 0 Å². The molecule has 1 heterocycles. The summed E-state index contributed by atoms with van der Waals surface area (Å²) in [6, 6.07) is 11.6. The number of aryl methyl sites for hydroxylation is 1. The molecule has 0 amide bonds. The average Bonchev–Trinajstić information content (AvgIpc) is 2.33. The van der Waals surface area contributed by atoms with Crippen LogP contribution in [-0.4, -0.2) is 4.98 Å². The van der Waals surface area contributed by atoms with Crippen molar-refractivity contribution in [1.29, 1.82) is 0 Å². The van der Waals surface area contributed by atoms with Crippen molar-refractivity contribution in [2.75, 3.05) is 5.32 Å². The van der Waals surface area contributed by atoms with E-state index in [1.165, 1.54) is 0 Å². The van der Waals surface area contributed by atoms with E-state index in [1.807, 2.05) is 37.3 Å². The SMILES string of the molecule is Cc1nc(Cl)ccc1NC(C)c1ccccc1Cl. The number of nitrogens with zero attached hydrogens (tertiary/aromatic N) is 1. The first-order chi connectivity index (χ1) is 8.58. The van der Waals surface area contributed by atoms with Crippen LogP contribution in [0.5, 0.6) is 0 Å². The molecule has 1 aromatic carbocycles. The summed E-state index contributed by atoms with van der Waals surface area (Å²) in [6.07, 6.45) is 0. The summed E-state index contributed by atoms with van der Waals surface area (Å²) in [7, 11) is 0. The normalized spacial score (nSPS) is 12.2. The number of halogens is 2. The van der Waals surface area contributed by atoms with Crippen LogP contribution >= 0.6 is 23.2 Å². The molecule has 2 nitrogen and oxygen atoms in total. The highest BCUT2D eigenvalue weighted by Crippen LogP contribution is 2.26. The summed E-state index contributed by atoms with van der Waals surface area (Å²) in [5.41, 5.74) is 2.90. The van der Waals surface area contributed by atoms with E-state index < -0.39 is 0 Å². The van der Waals surface area contributed by atoms with Gasteiger partial charge in [-0.25, -0.2) is 4.98 Å².